The molecule has 1 aromatic carbocycles. The molecule has 0 aliphatic heterocycles. The highest BCUT2D eigenvalue weighted by Crippen LogP contribution is 2.09. The molecule has 100 valence electrons. The summed E-state index contributed by atoms with van der Waals surface area (Å²) >= 11 is 0. The summed E-state index contributed by atoms with van der Waals surface area (Å²) in [5.41, 5.74) is 0.555. The summed E-state index contributed by atoms with van der Waals surface area (Å²) in [7, 11) is 0. The van der Waals surface area contributed by atoms with Crippen molar-refractivity contribution in [2.75, 3.05) is 0 Å². The van der Waals surface area contributed by atoms with Gasteiger partial charge in [-0.1, -0.05) is 30.3 Å². The van der Waals surface area contributed by atoms with Gasteiger partial charge in [0.1, 0.15) is 6.61 Å². The minimum Gasteiger partial charge on any atom is -0.445 e. The van der Waals surface area contributed by atoms with Crippen LogP contribution in [0.5, 0.6) is 0 Å². The lowest BCUT2D eigenvalue weighted by Crippen LogP contribution is -2.27. The first-order chi connectivity index (χ1) is 9.15. The number of hydrogen-bond acceptors (Lipinski definition) is 4. The summed E-state index contributed by atoms with van der Waals surface area (Å²) in [5, 5.41) is 4.72. The van der Waals surface area contributed by atoms with E-state index in [4.69, 9.17) is 9.26 Å². The number of H-pyrrole nitrogens is 1. The zero-order valence-corrected chi connectivity index (χ0v) is 10.4. The second kappa shape index (κ2) is 5.90. The van der Waals surface area contributed by atoms with Crippen LogP contribution in [0.4, 0.5) is 4.79 Å². The van der Waals surface area contributed by atoms with Crippen LogP contribution in [0.1, 0.15) is 24.3 Å². The van der Waals surface area contributed by atoms with E-state index in [0.717, 1.165) is 5.56 Å². The molecule has 1 aromatic heterocycles. The second-order valence-electron chi connectivity index (χ2n) is 4.04. The van der Waals surface area contributed by atoms with Crippen LogP contribution in [0.15, 0.2) is 45.7 Å². The SMILES string of the molecule is CC(NC(=O)OCc1ccccc1)c1cc(=O)[nH]o1. The Morgan fingerprint density at radius 2 is 2.16 bits per heavy atom. The minimum absolute atomic E-state index is 0.191. The van der Waals surface area contributed by atoms with Crippen molar-refractivity contribution in [1.29, 1.82) is 0 Å². The van der Waals surface area contributed by atoms with Crippen LogP contribution < -0.4 is 10.9 Å². The summed E-state index contributed by atoms with van der Waals surface area (Å²) in [6.07, 6.45) is -0.569. The van der Waals surface area contributed by atoms with E-state index < -0.39 is 12.1 Å². The van der Waals surface area contributed by atoms with Crippen LogP contribution in [0.25, 0.3) is 0 Å². The molecule has 19 heavy (non-hydrogen) atoms. The Morgan fingerprint density at radius 3 is 2.79 bits per heavy atom. The van der Waals surface area contributed by atoms with Crippen LogP contribution in [0.3, 0.4) is 0 Å². The van der Waals surface area contributed by atoms with Gasteiger partial charge in [0.05, 0.1) is 6.04 Å². The lowest BCUT2D eigenvalue weighted by atomic mass is 10.2. The number of carbonyl (C=O) groups excluding carboxylic acids is 1. The molecule has 0 saturated heterocycles. The van der Waals surface area contributed by atoms with Crippen molar-refractivity contribution in [1.82, 2.24) is 10.5 Å². The van der Waals surface area contributed by atoms with Crippen molar-refractivity contribution < 1.29 is 14.1 Å². The first kappa shape index (κ1) is 12.9. The average molecular weight is 262 g/mol. The number of carbonyl (C=O) groups is 1. The Kier molecular flexibility index (Phi) is 4.02. The van der Waals surface area contributed by atoms with Crippen LogP contribution in [-0.4, -0.2) is 11.2 Å². The monoisotopic (exact) mass is 262 g/mol. The predicted octanol–water partition coefficient (Wildman–Crippen LogP) is 1.96. The predicted molar refractivity (Wildman–Crippen MR) is 67.5 cm³/mol. The number of hydrogen-bond donors (Lipinski definition) is 2. The van der Waals surface area contributed by atoms with E-state index in [1.165, 1.54) is 6.07 Å². The summed E-state index contributed by atoms with van der Waals surface area (Å²) in [4.78, 5) is 22.4. The van der Waals surface area contributed by atoms with Crippen molar-refractivity contribution in [3.63, 3.8) is 0 Å². The molecule has 1 amide bonds. The van der Waals surface area contributed by atoms with E-state index in [-0.39, 0.29) is 12.2 Å². The van der Waals surface area contributed by atoms with Gasteiger partial charge in [-0.3, -0.25) is 4.79 Å². The van der Waals surface area contributed by atoms with Crippen molar-refractivity contribution in [3.05, 3.63) is 58.1 Å². The normalized spacial score (nSPS) is 11.8. The highest BCUT2D eigenvalue weighted by molar-refractivity contribution is 5.67. The first-order valence-electron chi connectivity index (χ1n) is 5.81. The molecule has 2 N–H and O–H groups in total. The van der Waals surface area contributed by atoms with Gasteiger partial charge < -0.3 is 14.6 Å². The number of aromatic amines is 1. The zero-order valence-electron chi connectivity index (χ0n) is 10.4. The molecule has 1 atom stereocenters. The van der Waals surface area contributed by atoms with Gasteiger partial charge >= 0.3 is 6.09 Å². The average Bonchev–Trinajstić information content (AvgIpc) is 2.84. The topological polar surface area (TPSA) is 84.3 Å². The Bertz CT molecular complexity index is 588. The Morgan fingerprint density at radius 1 is 1.42 bits per heavy atom. The lowest BCUT2D eigenvalue weighted by molar-refractivity contribution is 0.134. The van der Waals surface area contributed by atoms with E-state index in [1.54, 1.807) is 6.92 Å². The molecule has 6 nitrogen and oxygen atoms in total. The Balaban J connectivity index is 1.83. The van der Waals surface area contributed by atoms with E-state index in [0.29, 0.717) is 5.76 Å². The van der Waals surface area contributed by atoms with Crippen LogP contribution >= 0.6 is 0 Å². The van der Waals surface area contributed by atoms with Gasteiger partial charge in [0.25, 0.3) is 5.56 Å². The summed E-state index contributed by atoms with van der Waals surface area (Å²) < 4.78 is 9.93. The number of alkyl carbamates (subject to hydrolysis) is 1. The third-order valence-corrected chi connectivity index (χ3v) is 2.52. The molecule has 0 aliphatic rings. The summed E-state index contributed by atoms with van der Waals surface area (Å²) in [6.45, 7) is 1.88. The molecule has 0 saturated carbocycles. The van der Waals surface area contributed by atoms with E-state index in [1.807, 2.05) is 30.3 Å². The summed E-state index contributed by atoms with van der Waals surface area (Å²) in [5.74, 6) is 0.349. The molecule has 0 bridgehead atoms. The highest BCUT2D eigenvalue weighted by atomic mass is 16.5. The number of nitrogens with one attached hydrogen (secondary N) is 2. The van der Waals surface area contributed by atoms with Gasteiger partial charge in [-0.25, -0.2) is 4.79 Å². The number of ether oxygens (including phenoxy) is 1. The van der Waals surface area contributed by atoms with E-state index in [2.05, 4.69) is 10.5 Å². The Labute approximate surface area is 109 Å². The largest absolute Gasteiger partial charge is 0.445 e. The van der Waals surface area contributed by atoms with E-state index >= 15 is 0 Å². The maximum absolute atomic E-state index is 11.5. The van der Waals surface area contributed by atoms with E-state index in [9.17, 15) is 9.59 Å². The standard InChI is InChI=1S/C13H14N2O4/c1-9(11-7-12(16)15-19-11)14-13(17)18-8-10-5-3-2-4-6-10/h2-7,9H,8H2,1H3,(H,14,17)(H,15,16). The smallest absolute Gasteiger partial charge is 0.408 e. The van der Waals surface area contributed by atoms with Crippen molar-refractivity contribution in [2.45, 2.75) is 19.6 Å². The summed E-state index contributed by atoms with van der Waals surface area (Å²) in [6, 6.07) is 10.2. The fourth-order valence-electron chi connectivity index (χ4n) is 1.52. The van der Waals surface area contributed by atoms with Gasteiger partial charge in [-0.2, -0.15) is 5.16 Å². The van der Waals surface area contributed by atoms with Crippen molar-refractivity contribution in [2.24, 2.45) is 0 Å². The lowest BCUT2D eigenvalue weighted by Gasteiger charge is -2.11. The zero-order chi connectivity index (χ0) is 13.7. The molecule has 0 fully saturated rings. The Hall–Kier alpha value is -2.50. The van der Waals surface area contributed by atoms with Gasteiger partial charge in [0.2, 0.25) is 0 Å². The number of benzene rings is 1. The molecule has 0 spiro atoms. The highest BCUT2D eigenvalue weighted by Gasteiger charge is 2.14. The van der Waals surface area contributed by atoms with Crippen LogP contribution in [0.2, 0.25) is 0 Å². The maximum atomic E-state index is 11.5. The fourth-order valence-corrected chi connectivity index (χ4v) is 1.52. The molecular weight excluding hydrogens is 248 g/mol. The quantitative estimate of drug-likeness (QED) is 0.882. The van der Waals surface area contributed by atoms with Crippen LogP contribution in [-0.2, 0) is 11.3 Å². The van der Waals surface area contributed by atoms with Crippen LogP contribution in [0, 0.1) is 0 Å². The van der Waals surface area contributed by atoms with Crippen molar-refractivity contribution >= 4 is 6.09 Å². The molecule has 6 heteroatoms. The van der Waals surface area contributed by atoms with Gasteiger partial charge in [0.15, 0.2) is 5.76 Å². The molecule has 1 heterocycles. The van der Waals surface area contributed by atoms with Gasteiger partial charge in [-0.05, 0) is 12.5 Å². The molecular formula is C13H14N2O4. The number of amides is 1. The molecule has 0 aliphatic carbocycles. The first-order valence-corrected chi connectivity index (χ1v) is 5.81. The molecule has 2 rings (SSSR count). The molecule has 0 radical (unpaired) electrons. The second-order valence-corrected chi connectivity index (χ2v) is 4.04. The molecule has 2 aromatic rings. The third-order valence-electron chi connectivity index (χ3n) is 2.52. The van der Waals surface area contributed by atoms with Crippen molar-refractivity contribution in [3.8, 4) is 0 Å². The fraction of sp³-hybridized carbons (Fsp3) is 0.231. The van der Waals surface area contributed by atoms with Gasteiger partial charge in [0, 0.05) is 6.07 Å². The molecule has 1 unspecified atom stereocenters. The maximum Gasteiger partial charge on any atom is 0.408 e. The number of rotatable bonds is 4. The van der Waals surface area contributed by atoms with Gasteiger partial charge in [-0.15, -0.1) is 0 Å². The number of aromatic nitrogens is 1. The third kappa shape index (κ3) is 3.74. The minimum atomic E-state index is -0.569.